The summed E-state index contributed by atoms with van der Waals surface area (Å²) in [6, 6.07) is 13.4. The molecule has 12 nitrogen and oxygen atoms in total. The molecular weight excluding hydrogens is 600 g/mol. The number of sulfonamides is 1. The van der Waals surface area contributed by atoms with Crippen LogP contribution in [0, 0.1) is 11.8 Å². The fourth-order valence-corrected chi connectivity index (χ4v) is 4.76. The fourth-order valence-electron chi connectivity index (χ4n) is 4.19. The van der Waals surface area contributed by atoms with Crippen molar-refractivity contribution in [1.29, 1.82) is 0 Å². The molecule has 4 aromatic rings. The van der Waals surface area contributed by atoms with E-state index in [1.165, 1.54) is 24.4 Å². The minimum absolute atomic E-state index is 0.00570. The van der Waals surface area contributed by atoms with Gasteiger partial charge in [-0.05, 0) is 24.6 Å². The molecular formula is C29H29F2N5O7S. The molecule has 232 valence electrons. The largest absolute Gasteiger partial charge is 0.484 e. The van der Waals surface area contributed by atoms with Crippen LogP contribution in [0.4, 0.5) is 20.3 Å². The lowest BCUT2D eigenvalue weighted by Crippen LogP contribution is -2.21. The molecule has 0 fully saturated rings. The van der Waals surface area contributed by atoms with E-state index in [0.29, 0.717) is 27.7 Å². The van der Waals surface area contributed by atoms with Gasteiger partial charge in [0.05, 0.1) is 35.4 Å². The second-order valence-electron chi connectivity index (χ2n) is 9.34. The lowest BCUT2D eigenvalue weighted by atomic mass is 10.1. The molecule has 0 bridgehead atoms. The van der Waals surface area contributed by atoms with Crippen molar-refractivity contribution in [3.8, 4) is 28.8 Å². The van der Waals surface area contributed by atoms with E-state index in [-0.39, 0.29) is 37.1 Å². The second-order valence-corrected chi connectivity index (χ2v) is 11.0. The number of carbonyl (C=O) groups is 1. The van der Waals surface area contributed by atoms with Crippen LogP contribution in [0.3, 0.4) is 0 Å². The van der Waals surface area contributed by atoms with Gasteiger partial charge in [0.15, 0.2) is 0 Å². The Morgan fingerprint density at radius 3 is 2.59 bits per heavy atom. The topological polar surface area (TPSA) is 168 Å². The summed E-state index contributed by atoms with van der Waals surface area (Å²) in [5.74, 6) is 1.26. The normalized spacial score (nSPS) is 12.1. The molecule has 44 heavy (non-hydrogen) atoms. The zero-order chi connectivity index (χ0) is 31.9. The maximum Gasteiger partial charge on any atom is 0.355 e. The van der Waals surface area contributed by atoms with E-state index in [2.05, 4.69) is 21.9 Å². The number of hydrogen-bond acceptors (Lipinski definition) is 9. The van der Waals surface area contributed by atoms with Crippen LogP contribution in [0.25, 0.3) is 22.2 Å². The number of carboxylic acid groups (broad SMARTS) is 1. The minimum Gasteiger partial charge on any atom is -0.484 e. The predicted molar refractivity (Wildman–Crippen MR) is 159 cm³/mol. The summed E-state index contributed by atoms with van der Waals surface area (Å²) in [6.07, 6.45) is 0.922. The summed E-state index contributed by atoms with van der Waals surface area (Å²) < 4.78 is 70.2. The number of ether oxygens (including phenoxy) is 3. The summed E-state index contributed by atoms with van der Waals surface area (Å²) in [7, 11) is -3.30. The first-order valence-electron chi connectivity index (χ1n) is 13.1. The molecule has 0 saturated heterocycles. The molecule has 2 heterocycles. The lowest BCUT2D eigenvalue weighted by Gasteiger charge is -2.19. The molecule has 4 N–H and O–H groups in total. The molecule has 0 aliphatic rings. The highest BCUT2D eigenvalue weighted by Crippen LogP contribution is 2.38. The average Bonchev–Trinajstić information content (AvgIpc) is 3.34. The van der Waals surface area contributed by atoms with Gasteiger partial charge >= 0.3 is 11.7 Å². The van der Waals surface area contributed by atoms with Crippen molar-refractivity contribution in [3.05, 3.63) is 65.9 Å². The first kappa shape index (κ1) is 32.1. The Hall–Kier alpha value is -4.78. The summed E-state index contributed by atoms with van der Waals surface area (Å²) in [5, 5.41) is 13.6. The number of carboxylic acids is 1. The first-order chi connectivity index (χ1) is 21.0. The van der Waals surface area contributed by atoms with Gasteiger partial charge in [0.2, 0.25) is 0 Å². The van der Waals surface area contributed by atoms with Gasteiger partial charge in [-0.2, -0.15) is 13.9 Å². The van der Waals surface area contributed by atoms with E-state index in [9.17, 15) is 22.0 Å². The van der Waals surface area contributed by atoms with Gasteiger partial charge < -0.3 is 25.1 Å². The van der Waals surface area contributed by atoms with Crippen LogP contribution in [-0.4, -0.2) is 66.4 Å². The number of alkyl halides is 2. The molecule has 0 saturated carbocycles. The van der Waals surface area contributed by atoms with Crippen molar-refractivity contribution < 1.29 is 41.3 Å². The molecule has 2 aromatic heterocycles. The zero-order valence-electron chi connectivity index (χ0n) is 23.7. The van der Waals surface area contributed by atoms with Gasteiger partial charge in [0.1, 0.15) is 36.6 Å². The number of nitrogen functional groups attached to an aromatic ring is 1. The summed E-state index contributed by atoms with van der Waals surface area (Å²) in [6.45, 7) is 1.63. The SMILES string of the molecule is C[C@H](Oc1cc(-c2nn(C)c3c(C#CCOCCOCC(=O)O)cnc(N)c23)ccc1NS(=O)(=O)C(F)F)c1ccccc1. The predicted octanol–water partition coefficient (Wildman–Crippen LogP) is 3.79. The fraction of sp³-hybridized carbons (Fsp3) is 0.276. The van der Waals surface area contributed by atoms with E-state index in [1.807, 2.05) is 35.1 Å². The van der Waals surface area contributed by atoms with Crippen molar-refractivity contribution in [3.63, 3.8) is 0 Å². The highest BCUT2D eigenvalue weighted by Gasteiger charge is 2.26. The third-order valence-electron chi connectivity index (χ3n) is 6.20. The van der Waals surface area contributed by atoms with E-state index in [0.717, 1.165) is 5.56 Å². The van der Waals surface area contributed by atoms with E-state index in [4.69, 9.17) is 25.1 Å². The number of aryl methyl sites for hydroxylation is 1. The number of aromatic nitrogens is 3. The van der Waals surface area contributed by atoms with Gasteiger partial charge in [0.25, 0.3) is 10.0 Å². The molecule has 0 radical (unpaired) electrons. The number of nitrogens with one attached hydrogen (secondary N) is 1. The van der Waals surface area contributed by atoms with Gasteiger partial charge in [-0.25, -0.2) is 18.2 Å². The Morgan fingerprint density at radius 2 is 1.89 bits per heavy atom. The van der Waals surface area contributed by atoms with Gasteiger partial charge in [-0.1, -0.05) is 48.2 Å². The maximum atomic E-state index is 13.2. The van der Waals surface area contributed by atoms with Crippen molar-refractivity contribution in [1.82, 2.24) is 14.8 Å². The number of halogens is 2. The molecule has 0 spiro atoms. The number of anilines is 2. The highest BCUT2D eigenvalue weighted by molar-refractivity contribution is 7.93. The third kappa shape index (κ3) is 7.78. The van der Waals surface area contributed by atoms with Gasteiger partial charge in [0, 0.05) is 18.8 Å². The van der Waals surface area contributed by atoms with Crippen LogP contribution < -0.4 is 15.2 Å². The number of fused-ring (bicyclic) bond motifs is 1. The molecule has 0 unspecified atom stereocenters. The third-order valence-corrected chi connectivity index (χ3v) is 7.17. The first-order valence-corrected chi connectivity index (χ1v) is 14.7. The Labute approximate surface area is 251 Å². The van der Waals surface area contributed by atoms with Crippen molar-refractivity contribution in [2.45, 2.75) is 18.8 Å². The lowest BCUT2D eigenvalue weighted by molar-refractivity contribution is -0.142. The monoisotopic (exact) mass is 629 g/mol. The minimum atomic E-state index is -4.98. The second kappa shape index (κ2) is 14.1. The van der Waals surface area contributed by atoms with Gasteiger partial charge in [-0.3, -0.25) is 9.40 Å². The van der Waals surface area contributed by atoms with Crippen LogP contribution in [0.5, 0.6) is 5.75 Å². The molecule has 15 heteroatoms. The average molecular weight is 630 g/mol. The number of nitrogens with zero attached hydrogens (tertiary/aromatic N) is 3. The van der Waals surface area contributed by atoms with Gasteiger partial charge in [-0.15, -0.1) is 0 Å². The highest BCUT2D eigenvalue weighted by atomic mass is 32.2. The van der Waals surface area contributed by atoms with Crippen LogP contribution in [0.2, 0.25) is 0 Å². The standard InChI is InChI=1S/C29H29F2N5O7S/c1-18(19-7-4-3-5-8-19)43-23-15-20(10-11-22(23)35-44(39,40)29(30)31)26-25-27(36(2)34-26)21(16-33-28(25)32)9-6-12-41-13-14-42-17-24(37)38/h3-5,7-8,10-11,15-16,18,29,35H,12-14,17H2,1-2H3,(H2,32,33)(H,37,38)/t18-/m0/s1. The number of hydrogen-bond donors (Lipinski definition) is 3. The molecule has 0 aliphatic carbocycles. The van der Waals surface area contributed by atoms with E-state index >= 15 is 0 Å². The number of nitrogens with two attached hydrogens (primary N) is 1. The van der Waals surface area contributed by atoms with Crippen LogP contribution in [-0.2, 0) is 31.3 Å². The molecule has 1 atom stereocenters. The Balaban J connectivity index is 1.67. The van der Waals surface area contributed by atoms with Crippen LogP contribution >= 0.6 is 0 Å². The van der Waals surface area contributed by atoms with Crippen molar-refractivity contribution in [2.24, 2.45) is 7.05 Å². The van der Waals surface area contributed by atoms with Crippen LogP contribution in [0.1, 0.15) is 24.2 Å². The Kier molecular flexibility index (Phi) is 10.3. The molecule has 0 aliphatic heterocycles. The molecule has 2 aromatic carbocycles. The van der Waals surface area contributed by atoms with Crippen LogP contribution in [0.15, 0.2) is 54.7 Å². The quantitative estimate of drug-likeness (QED) is 0.146. The Bertz CT molecular complexity index is 1810. The number of benzene rings is 2. The summed E-state index contributed by atoms with van der Waals surface area (Å²) >= 11 is 0. The number of aliphatic carboxylic acids is 1. The van der Waals surface area contributed by atoms with E-state index < -0.39 is 34.5 Å². The molecule has 0 amide bonds. The smallest absolute Gasteiger partial charge is 0.355 e. The van der Waals surface area contributed by atoms with Crippen molar-refractivity contribution >= 4 is 38.4 Å². The Morgan fingerprint density at radius 1 is 1.16 bits per heavy atom. The maximum absolute atomic E-state index is 13.2. The summed E-state index contributed by atoms with van der Waals surface area (Å²) in [5.41, 5.74) is 8.75. The molecule has 4 rings (SSSR count). The zero-order valence-corrected chi connectivity index (χ0v) is 24.5. The number of pyridine rings is 1. The summed E-state index contributed by atoms with van der Waals surface area (Å²) in [4.78, 5) is 14.7. The number of rotatable bonds is 13. The van der Waals surface area contributed by atoms with Crippen molar-refractivity contribution in [2.75, 3.05) is 36.9 Å². The van der Waals surface area contributed by atoms with E-state index in [1.54, 1.807) is 18.7 Å².